The van der Waals surface area contributed by atoms with Gasteiger partial charge in [0, 0.05) is 43.0 Å². The number of benzene rings is 2. The molecule has 1 heterocycles. The molecule has 0 atom stereocenters. The SMILES string of the molecule is CCCCc1ccc(/C=C/C(=O)N2CCN(c3cccc(Cl)c3)CC2)cc1. The first-order chi connectivity index (χ1) is 13.2. The maximum atomic E-state index is 12.5. The van der Waals surface area contributed by atoms with Gasteiger partial charge in [0.05, 0.1) is 0 Å². The summed E-state index contributed by atoms with van der Waals surface area (Å²) < 4.78 is 0. The Kier molecular flexibility index (Phi) is 6.94. The zero-order chi connectivity index (χ0) is 19.1. The van der Waals surface area contributed by atoms with Crippen LogP contribution in [-0.4, -0.2) is 37.0 Å². The van der Waals surface area contributed by atoms with Gasteiger partial charge < -0.3 is 9.80 Å². The van der Waals surface area contributed by atoms with E-state index >= 15 is 0 Å². The van der Waals surface area contributed by atoms with Crippen molar-refractivity contribution in [2.75, 3.05) is 31.1 Å². The molecule has 0 saturated carbocycles. The number of anilines is 1. The second-order valence-electron chi connectivity index (χ2n) is 6.97. The molecule has 0 aromatic heterocycles. The average Bonchev–Trinajstić information content (AvgIpc) is 2.71. The van der Waals surface area contributed by atoms with Crippen molar-refractivity contribution in [3.05, 3.63) is 70.8 Å². The van der Waals surface area contributed by atoms with E-state index in [2.05, 4.69) is 42.2 Å². The second kappa shape index (κ2) is 9.61. The van der Waals surface area contributed by atoms with Crippen molar-refractivity contribution in [3.63, 3.8) is 0 Å². The van der Waals surface area contributed by atoms with Crippen molar-refractivity contribution >= 4 is 29.3 Å². The fraction of sp³-hybridized carbons (Fsp3) is 0.348. The van der Waals surface area contributed by atoms with Gasteiger partial charge in [0.25, 0.3) is 0 Å². The Balaban J connectivity index is 1.51. The lowest BCUT2D eigenvalue weighted by molar-refractivity contribution is -0.126. The third-order valence-corrected chi connectivity index (χ3v) is 5.22. The highest BCUT2D eigenvalue weighted by molar-refractivity contribution is 6.30. The van der Waals surface area contributed by atoms with Gasteiger partial charge in [0.1, 0.15) is 0 Å². The molecule has 0 bridgehead atoms. The van der Waals surface area contributed by atoms with E-state index in [0.29, 0.717) is 0 Å². The van der Waals surface area contributed by atoms with Gasteiger partial charge in [-0.05, 0) is 48.2 Å². The lowest BCUT2D eigenvalue weighted by atomic mass is 10.1. The first-order valence-electron chi connectivity index (χ1n) is 9.72. The lowest BCUT2D eigenvalue weighted by Crippen LogP contribution is -2.48. The number of halogens is 1. The largest absolute Gasteiger partial charge is 0.368 e. The van der Waals surface area contributed by atoms with Crippen LogP contribution in [0.25, 0.3) is 6.08 Å². The van der Waals surface area contributed by atoms with Crippen molar-refractivity contribution in [1.29, 1.82) is 0 Å². The van der Waals surface area contributed by atoms with E-state index in [9.17, 15) is 4.79 Å². The molecule has 2 aromatic rings. The summed E-state index contributed by atoms with van der Waals surface area (Å²) >= 11 is 6.08. The zero-order valence-corrected chi connectivity index (χ0v) is 16.7. The van der Waals surface area contributed by atoms with Crippen molar-refractivity contribution in [3.8, 4) is 0 Å². The Morgan fingerprint density at radius 3 is 2.48 bits per heavy atom. The number of hydrogen-bond acceptors (Lipinski definition) is 2. The Morgan fingerprint density at radius 2 is 1.81 bits per heavy atom. The highest BCUT2D eigenvalue weighted by Gasteiger charge is 2.19. The summed E-state index contributed by atoms with van der Waals surface area (Å²) in [5.41, 5.74) is 3.55. The number of aryl methyl sites for hydroxylation is 1. The molecule has 1 aliphatic rings. The number of unbranched alkanes of at least 4 members (excludes halogenated alkanes) is 1. The van der Waals surface area contributed by atoms with Crippen LogP contribution in [0.1, 0.15) is 30.9 Å². The summed E-state index contributed by atoms with van der Waals surface area (Å²) in [7, 11) is 0. The number of rotatable bonds is 6. The highest BCUT2D eigenvalue weighted by atomic mass is 35.5. The second-order valence-corrected chi connectivity index (χ2v) is 7.41. The summed E-state index contributed by atoms with van der Waals surface area (Å²) in [6, 6.07) is 16.4. The number of hydrogen-bond donors (Lipinski definition) is 0. The van der Waals surface area contributed by atoms with E-state index in [0.717, 1.165) is 48.9 Å². The molecule has 0 spiro atoms. The van der Waals surface area contributed by atoms with Gasteiger partial charge in [-0.1, -0.05) is 55.3 Å². The van der Waals surface area contributed by atoms with E-state index in [-0.39, 0.29) is 5.91 Å². The van der Waals surface area contributed by atoms with Crippen LogP contribution < -0.4 is 4.90 Å². The maximum Gasteiger partial charge on any atom is 0.246 e. The molecule has 0 unspecified atom stereocenters. The predicted molar refractivity (Wildman–Crippen MR) is 114 cm³/mol. The number of carbonyl (C=O) groups is 1. The van der Waals surface area contributed by atoms with Gasteiger partial charge >= 0.3 is 0 Å². The van der Waals surface area contributed by atoms with Gasteiger partial charge in [-0.25, -0.2) is 0 Å². The van der Waals surface area contributed by atoms with Crippen LogP contribution in [0.3, 0.4) is 0 Å². The van der Waals surface area contributed by atoms with Crippen LogP contribution >= 0.6 is 11.6 Å². The van der Waals surface area contributed by atoms with Crippen molar-refractivity contribution in [2.24, 2.45) is 0 Å². The fourth-order valence-corrected chi connectivity index (χ4v) is 3.49. The van der Waals surface area contributed by atoms with E-state index < -0.39 is 0 Å². The molecule has 27 heavy (non-hydrogen) atoms. The van der Waals surface area contributed by atoms with Crippen LogP contribution in [0.15, 0.2) is 54.6 Å². The van der Waals surface area contributed by atoms with Crippen LogP contribution in [0.4, 0.5) is 5.69 Å². The van der Waals surface area contributed by atoms with Gasteiger partial charge in [-0.3, -0.25) is 4.79 Å². The third kappa shape index (κ3) is 5.61. The predicted octanol–water partition coefficient (Wildman–Crippen LogP) is 5.04. The standard InChI is InChI=1S/C23H27ClN2O/c1-2-3-5-19-8-10-20(11-9-19)12-13-23(27)26-16-14-25(15-17-26)22-7-4-6-21(24)18-22/h4,6-13,18H,2-3,5,14-17H2,1H3/b13-12+. The Hall–Kier alpha value is -2.26. The molecular formula is C23H27ClN2O. The molecule has 4 heteroatoms. The molecule has 1 fully saturated rings. The first-order valence-corrected chi connectivity index (χ1v) is 10.1. The van der Waals surface area contributed by atoms with Crippen LogP contribution in [0.2, 0.25) is 5.02 Å². The minimum Gasteiger partial charge on any atom is -0.368 e. The van der Waals surface area contributed by atoms with E-state index in [1.54, 1.807) is 6.08 Å². The molecule has 3 rings (SSSR count). The van der Waals surface area contributed by atoms with E-state index in [4.69, 9.17) is 11.6 Å². The summed E-state index contributed by atoms with van der Waals surface area (Å²) in [6.45, 7) is 5.31. The van der Waals surface area contributed by atoms with Crippen LogP contribution in [0.5, 0.6) is 0 Å². The summed E-state index contributed by atoms with van der Waals surface area (Å²) in [6.07, 6.45) is 7.15. The number of piperazine rings is 1. The molecule has 1 amide bonds. The van der Waals surface area contributed by atoms with Crippen LogP contribution in [0, 0.1) is 0 Å². The molecule has 2 aromatic carbocycles. The number of carbonyl (C=O) groups excluding carboxylic acids is 1. The van der Waals surface area contributed by atoms with Crippen molar-refractivity contribution in [1.82, 2.24) is 4.90 Å². The minimum absolute atomic E-state index is 0.0794. The Bertz CT molecular complexity index is 777. The summed E-state index contributed by atoms with van der Waals surface area (Å²) in [5.74, 6) is 0.0794. The molecule has 3 nitrogen and oxygen atoms in total. The van der Waals surface area contributed by atoms with Gasteiger partial charge in [-0.2, -0.15) is 0 Å². The number of amides is 1. The zero-order valence-electron chi connectivity index (χ0n) is 15.9. The average molecular weight is 383 g/mol. The smallest absolute Gasteiger partial charge is 0.246 e. The first kappa shape index (κ1) is 19.5. The monoisotopic (exact) mass is 382 g/mol. The van der Waals surface area contributed by atoms with Crippen LogP contribution in [-0.2, 0) is 11.2 Å². The molecule has 0 radical (unpaired) electrons. The third-order valence-electron chi connectivity index (χ3n) is 4.98. The Labute approximate surface area is 167 Å². The fourth-order valence-electron chi connectivity index (χ4n) is 3.31. The Morgan fingerprint density at radius 1 is 1.07 bits per heavy atom. The summed E-state index contributed by atoms with van der Waals surface area (Å²) in [4.78, 5) is 16.7. The molecule has 142 valence electrons. The minimum atomic E-state index is 0.0794. The molecule has 0 N–H and O–H groups in total. The van der Waals surface area contributed by atoms with Gasteiger partial charge in [-0.15, -0.1) is 0 Å². The van der Waals surface area contributed by atoms with Gasteiger partial charge in [0.15, 0.2) is 0 Å². The molecular weight excluding hydrogens is 356 g/mol. The van der Waals surface area contributed by atoms with Crippen molar-refractivity contribution in [2.45, 2.75) is 26.2 Å². The normalized spacial score (nSPS) is 14.7. The molecule has 1 aliphatic heterocycles. The quantitative estimate of drug-likeness (QED) is 0.653. The van der Waals surface area contributed by atoms with E-state index in [1.807, 2.05) is 29.2 Å². The summed E-state index contributed by atoms with van der Waals surface area (Å²) in [5, 5.41) is 0.745. The van der Waals surface area contributed by atoms with E-state index in [1.165, 1.54) is 18.4 Å². The highest BCUT2D eigenvalue weighted by Crippen LogP contribution is 2.21. The molecule has 1 saturated heterocycles. The molecule has 0 aliphatic carbocycles. The number of nitrogens with zero attached hydrogens (tertiary/aromatic N) is 2. The topological polar surface area (TPSA) is 23.6 Å². The van der Waals surface area contributed by atoms with Crippen molar-refractivity contribution < 1.29 is 4.79 Å². The maximum absolute atomic E-state index is 12.5. The van der Waals surface area contributed by atoms with Gasteiger partial charge in [0.2, 0.25) is 5.91 Å². The lowest BCUT2D eigenvalue weighted by Gasteiger charge is -2.35.